The number of fused-ring (bicyclic) bond motifs is 1. The molecule has 0 atom stereocenters. The molecule has 10 heteroatoms. The van der Waals surface area contributed by atoms with Gasteiger partial charge in [-0.1, -0.05) is 24.6 Å². The van der Waals surface area contributed by atoms with Crippen LogP contribution in [-0.2, 0) is 29.4 Å². The van der Waals surface area contributed by atoms with Gasteiger partial charge in [0.2, 0.25) is 5.91 Å². The standard InChI is InChI=1S/C25H31N5O3S2/c1-29(2)17-13-11-16(12-14-17)22-27-28-25(30(22)3)34-15-20(31)26-23-21(24(32)33-4)18-9-7-5-6-8-10-19(18)35-23/h11-14H,5-10,15H2,1-4H3,(H,26,31). The Morgan fingerprint density at radius 3 is 2.51 bits per heavy atom. The van der Waals surface area contributed by atoms with E-state index in [1.807, 2.05) is 54.9 Å². The number of rotatable bonds is 7. The SMILES string of the molecule is COC(=O)c1c(NC(=O)CSc2nnc(-c3ccc(N(C)C)cc3)n2C)sc2c1CCCCCC2. The molecule has 0 fully saturated rings. The predicted octanol–water partition coefficient (Wildman–Crippen LogP) is 4.79. The zero-order valence-corrected chi connectivity index (χ0v) is 22.2. The summed E-state index contributed by atoms with van der Waals surface area (Å²) in [7, 11) is 7.28. The number of methoxy groups -OCH3 is 1. The van der Waals surface area contributed by atoms with Crippen molar-refractivity contribution in [1.29, 1.82) is 0 Å². The summed E-state index contributed by atoms with van der Waals surface area (Å²) in [5.74, 6) is 0.331. The molecule has 3 aromatic rings. The third kappa shape index (κ3) is 5.70. The Labute approximate surface area is 214 Å². The largest absolute Gasteiger partial charge is 0.465 e. The first-order chi connectivity index (χ1) is 16.9. The van der Waals surface area contributed by atoms with Crippen molar-refractivity contribution in [3.63, 3.8) is 0 Å². The van der Waals surface area contributed by atoms with E-state index in [-0.39, 0.29) is 17.6 Å². The van der Waals surface area contributed by atoms with Crippen molar-refractivity contribution in [2.24, 2.45) is 7.05 Å². The summed E-state index contributed by atoms with van der Waals surface area (Å²) in [6, 6.07) is 8.09. The number of hydrogen-bond donors (Lipinski definition) is 1. The maximum atomic E-state index is 12.8. The minimum atomic E-state index is -0.385. The first-order valence-electron chi connectivity index (χ1n) is 11.7. The second-order valence-corrected chi connectivity index (χ2v) is 10.8. The summed E-state index contributed by atoms with van der Waals surface area (Å²) in [4.78, 5) is 28.6. The second-order valence-electron chi connectivity index (χ2n) is 8.76. The Kier molecular flexibility index (Phi) is 8.12. The van der Waals surface area contributed by atoms with Crippen molar-refractivity contribution >= 4 is 45.7 Å². The van der Waals surface area contributed by atoms with Crippen LogP contribution in [-0.4, -0.2) is 53.6 Å². The zero-order chi connectivity index (χ0) is 24.9. The van der Waals surface area contributed by atoms with Gasteiger partial charge in [0.15, 0.2) is 11.0 Å². The predicted molar refractivity (Wildman–Crippen MR) is 142 cm³/mol. The maximum Gasteiger partial charge on any atom is 0.341 e. The summed E-state index contributed by atoms with van der Waals surface area (Å²) in [6.45, 7) is 0. The first-order valence-corrected chi connectivity index (χ1v) is 13.5. The average Bonchev–Trinajstić information content (AvgIpc) is 3.36. The van der Waals surface area contributed by atoms with Crippen molar-refractivity contribution in [3.05, 3.63) is 40.3 Å². The van der Waals surface area contributed by atoms with Gasteiger partial charge in [-0.15, -0.1) is 21.5 Å². The molecule has 2 heterocycles. The van der Waals surface area contributed by atoms with Gasteiger partial charge in [0.05, 0.1) is 18.4 Å². The molecular weight excluding hydrogens is 482 g/mol. The van der Waals surface area contributed by atoms with Gasteiger partial charge in [-0.3, -0.25) is 4.79 Å². The van der Waals surface area contributed by atoms with Crippen LogP contribution in [0.1, 0.15) is 46.5 Å². The van der Waals surface area contributed by atoms with Gasteiger partial charge in [-0.05, 0) is 55.5 Å². The Morgan fingerprint density at radius 2 is 1.83 bits per heavy atom. The van der Waals surface area contributed by atoms with E-state index in [2.05, 4.69) is 15.5 Å². The molecular formula is C25H31N5O3S2. The molecule has 0 unspecified atom stereocenters. The van der Waals surface area contributed by atoms with Gasteiger partial charge in [-0.2, -0.15) is 0 Å². The third-order valence-corrected chi connectivity index (χ3v) is 8.35. The molecule has 35 heavy (non-hydrogen) atoms. The number of carbonyl (C=O) groups excluding carboxylic acids is 2. The van der Waals surface area contributed by atoms with Crippen LogP contribution in [0, 0.1) is 0 Å². The van der Waals surface area contributed by atoms with Crippen LogP contribution in [0.2, 0.25) is 0 Å². The van der Waals surface area contributed by atoms with Crippen LogP contribution < -0.4 is 10.2 Å². The first kappa shape index (κ1) is 25.2. The van der Waals surface area contributed by atoms with E-state index in [4.69, 9.17) is 4.74 Å². The number of anilines is 2. The number of esters is 1. The van der Waals surface area contributed by atoms with Gasteiger partial charge in [0.25, 0.3) is 0 Å². The Morgan fingerprint density at radius 1 is 1.11 bits per heavy atom. The van der Waals surface area contributed by atoms with Gasteiger partial charge in [-0.25, -0.2) is 4.79 Å². The minimum Gasteiger partial charge on any atom is -0.465 e. The van der Waals surface area contributed by atoms with Crippen LogP contribution in [0.4, 0.5) is 10.7 Å². The molecule has 0 saturated heterocycles. The van der Waals surface area contributed by atoms with E-state index >= 15 is 0 Å². The number of thioether (sulfide) groups is 1. The number of hydrogen-bond acceptors (Lipinski definition) is 8. The highest BCUT2D eigenvalue weighted by molar-refractivity contribution is 7.99. The molecule has 0 bridgehead atoms. The number of amides is 1. The highest BCUT2D eigenvalue weighted by Crippen LogP contribution is 2.37. The van der Waals surface area contributed by atoms with Crippen molar-refractivity contribution < 1.29 is 14.3 Å². The highest BCUT2D eigenvalue weighted by atomic mass is 32.2. The van der Waals surface area contributed by atoms with Crippen LogP contribution in [0.5, 0.6) is 0 Å². The van der Waals surface area contributed by atoms with E-state index in [0.717, 1.165) is 54.7 Å². The Bertz CT molecular complexity index is 1200. The van der Waals surface area contributed by atoms with Crippen LogP contribution >= 0.6 is 23.1 Å². The number of nitrogens with zero attached hydrogens (tertiary/aromatic N) is 4. The van der Waals surface area contributed by atoms with Crippen molar-refractivity contribution in [1.82, 2.24) is 14.8 Å². The van der Waals surface area contributed by atoms with Gasteiger partial charge in [0.1, 0.15) is 5.00 Å². The number of aromatic nitrogens is 3. The van der Waals surface area contributed by atoms with Gasteiger partial charge < -0.3 is 19.5 Å². The summed E-state index contributed by atoms with van der Waals surface area (Å²) in [6.07, 6.45) is 6.29. The molecule has 4 rings (SSSR count). The molecule has 0 radical (unpaired) electrons. The molecule has 1 aliphatic rings. The summed E-state index contributed by atoms with van der Waals surface area (Å²) < 4.78 is 6.94. The fourth-order valence-electron chi connectivity index (χ4n) is 4.22. The molecule has 1 aliphatic carbocycles. The molecule has 0 saturated carbocycles. The number of benzene rings is 1. The molecule has 0 aliphatic heterocycles. The Hall–Kier alpha value is -2.85. The molecule has 186 valence electrons. The molecule has 1 aromatic carbocycles. The van der Waals surface area contributed by atoms with Crippen molar-refractivity contribution in [2.75, 3.05) is 37.2 Å². The third-order valence-electron chi connectivity index (χ3n) is 6.12. The lowest BCUT2D eigenvalue weighted by Crippen LogP contribution is -2.16. The number of nitrogens with one attached hydrogen (secondary N) is 1. The number of carbonyl (C=O) groups is 2. The fourth-order valence-corrected chi connectivity index (χ4v) is 6.22. The van der Waals surface area contributed by atoms with Crippen LogP contribution in [0.3, 0.4) is 0 Å². The smallest absolute Gasteiger partial charge is 0.341 e. The lowest BCUT2D eigenvalue weighted by atomic mass is 9.96. The topological polar surface area (TPSA) is 89.3 Å². The lowest BCUT2D eigenvalue weighted by Gasteiger charge is -2.12. The van der Waals surface area contributed by atoms with E-state index in [0.29, 0.717) is 15.7 Å². The van der Waals surface area contributed by atoms with Crippen LogP contribution in [0.25, 0.3) is 11.4 Å². The second kappa shape index (κ2) is 11.3. The molecule has 1 amide bonds. The van der Waals surface area contributed by atoms with Crippen molar-refractivity contribution in [2.45, 2.75) is 43.7 Å². The normalized spacial score (nSPS) is 13.5. The number of aryl methyl sites for hydroxylation is 1. The van der Waals surface area contributed by atoms with Gasteiger partial charge >= 0.3 is 5.97 Å². The molecule has 1 N–H and O–H groups in total. The van der Waals surface area contributed by atoms with Gasteiger partial charge in [0, 0.05) is 37.3 Å². The number of ether oxygens (including phenoxy) is 1. The quantitative estimate of drug-likeness (QED) is 0.359. The summed E-state index contributed by atoms with van der Waals surface area (Å²) in [5, 5.41) is 12.8. The monoisotopic (exact) mass is 513 g/mol. The average molecular weight is 514 g/mol. The summed E-state index contributed by atoms with van der Waals surface area (Å²) >= 11 is 2.82. The van der Waals surface area contributed by atoms with E-state index in [1.54, 1.807) is 0 Å². The highest BCUT2D eigenvalue weighted by Gasteiger charge is 2.26. The molecule has 0 spiro atoms. The Balaban J connectivity index is 1.45. The lowest BCUT2D eigenvalue weighted by molar-refractivity contribution is -0.113. The number of thiophene rings is 1. The fraction of sp³-hybridized carbons (Fsp3) is 0.440. The zero-order valence-electron chi connectivity index (χ0n) is 20.6. The minimum absolute atomic E-state index is 0.161. The maximum absolute atomic E-state index is 12.8. The van der Waals surface area contributed by atoms with E-state index in [9.17, 15) is 9.59 Å². The van der Waals surface area contributed by atoms with E-state index in [1.165, 1.54) is 41.5 Å². The van der Waals surface area contributed by atoms with E-state index < -0.39 is 0 Å². The molecule has 2 aromatic heterocycles. The van der Waals surface area contributed by atoms with Crippen LogP contribution in [0.15, 0.2) is 29.4 Å². The molecule has 8 nitrogen and oxygen atoms in total. The van der Waals surface area contributed by atoms with Crippen molar-refractivity contribution in [3.8, 4) is 11.4 Å². The summed E-state index contributed by atoms with van der Waals surface area (Å²) in [5.41, 5.74) is 3.63.